The number of nitrogens with zero attached hydrogens (tertiary/aromatic N) is 1. The van der Waals surface area contributed by atoms with E-state index in [1.807, 2.05) is 42.6 Å². The number of carbonyl (C=O) groups excluding carboxylic acids is 1. The number of esters is 1. The number of benzene rings is 3. The molecule has 38 heavy (non-hydrogen) atoms. The van der Waals surface area contributed by atoms with E-state index < -0.39 is 0 Å². The van der Waals surface area contributed by atoms with Crippen molar-refractivity contribution in [3.63, 3.8) is 0 Å². The van der Waals surface area contributed by atoms with Gasteiger partial charge in [-0.1, -0.05) is 85.5 Å². The van der Waals surface area contributed by atoms with Crippen molar-refractivity contribution in [2.24, 2.45) is 0 Å². The van der Waals surface area contributed by atoms with E-state index in [0.717, 1.165) is 58.5 Å². The molecule has 4 rings (SSSR count). The zero-order valence-electron chi connectivity index (χ0n) is 21.8. The summed E-state index contributed by atoms with van der Waals surface area (Å²) in [5.74, 6) is 0.530. The van der Waals surface area contributed by atoms with Crippen LogP contribution in [0.4, 0.5) is 0 Å². The molecule has 192 valence electrons. The number of pyridine rings is 1. The Bertz CT molecular complexity index is 1360. The number of hydrogen-bond donors (Lipinski definition) is 0. The van der Waals surface area contributed by atoms with Crippen molar-refractivity contribution in [3.05, 3.63) is 120 Å². The molecule has 1 heterocycles. The van der Waals surface area contributed by atoms with E-state index in [9.17, 15) is 4.79 Å². The van der Waals surface area contributed by atoms with Crippen LogP contribution in [0, 0.1) is 0 Å². The van der Waals surface area contributed by atoms with E-state index >= 15 is 0 Å². The van der Waals surface area contributed by atoms with Gasteiger partial charge in [0.05, 0.1) is 18.9 Å². The Balaban J connectivity index is 1.23. The summed E-state index contributed by atoms with van der Waals surface area (Å²) in [6.45, 7) is 6.29. The zero-order chi connectivity index (χ0) is 26.6. The first-order chi connectivity index (χ1) is 18.6. The Labute approximate surface area is 225 Å². The third kappa shape index (κ3) is 8.04. The molecule has 0 unspecified atom stereocenters. The van der Waals surface area contributed by atoms with Gasteiger partial charge in [-0.3, -0.25) is 4.98 Å². The number of ether oxygens (including phenoxy) is 2. The summed E-state index contributed by atoms with van der Waals surface area (Å²) in [5, 5.41) is 0. The Kier molecular flexibility index (Phi) is 9.63. The van der Waals surface area contributed by atoms with Gasteiger partial charge in [0.2, 0.25) is 0 Å². The lowest BCUT2D eigenvalue weighted by Gasteiger charge is -2.07. The fraction of sp³-hybridized carbons (Fsp3) is 0.176. The second-order valence-electron chi connectivity index (χ2n) is 9.15. The lowest BCUT2D eigenvalue weighted by atomic mass is 10.0. The minimum atomic E-state index is -0.324. The van der Waals surface area contributed by atoms with Gasteiger partial charge in [-0.05, 0) is 72.7 Å². The quantitative estimate of drug-likeness (QED) is 0.0845. The van der Waals surface area contributed by atoms with Gasteiger partial charge < -0.3 is 9.47 Å². The van der Waals surface area contributed by atoms with Crippen LogP contribution < -0.4 is 4.74 Å². The molecule has 0 aliphatic heterocycles. The first kappa shape index (κ1) is 26.6. The van der Waals surface area contributed by atoms with Gasteiger partial charge in [-0.2, -0.15) is 0 Å². The van der Waals surface area contributed by atoms with Crippen LogP contribution in [0.1, 0.15) is 37.3 Å². The molecule has 0 N–H and O–H groups in total. The zero-order valence-corrected chi connectivity index (χ0v) is 21.8. The molecular formula is C34H33NO3. The van der Waals surface area contributed by atoms with E-state index in [-0.39, 0.29) is 5.97 Å². The average molecular weight is 504 g/mol. The van der Waals surface area contributed by atoms with Crippen molar-refractivity contribution < 1.29 is 14.3 Å². The molecule has 4 nitrogen and oxygen atoms in total. The molecule has 0 aliphatic carbocycles. The van der Waals surface area contributed by atoms with Gasteiger partial charge in [0.1, 0.15) is 5.75 Å². The molecule has 0 aliphatic rings. The van der Waals surface area contributed by atoms with Gasteiger partial charge in [-0.15, -0.1) is 0 Å². The monoisotopic (exact) mass is 503 g/mol. The summed E-state index contributed by atoms with van der Waals surface area (Å²) in [6, 6.07) is 31.0. The highest BCUT2D eigenvalue weighted by Gasteiger charge is 2.04. The molecule has 0 saturated carbocycles. The highest BCUT2D eigenvalue weighted by molar-refractivity contribution is 5.86. The fourth-order valence-electron chi connectivity index (χ4n) is 3.89. The predicted molar refractivity (Wildman–Crippen MR) is 156 cm³/mol. The van der Waals surface area contributed by atoms with Gasteiger partial charge in [0.25, 0.3) is 0 Å². The maximum absolute atomic E-state index is 11.3. The molecular weight excluding hydrogens is 470 g/mol. The maximum atomic E-state index is 11.3. The second-order valence-corrected chi connectivity index (χ2v) is 9.15. The van der Waals surface area contributed by atoms with E-state index in [4.69, 9.17) is 9.47 Å². The molecule has 0 fully saturated rings. The molecule has 4 heteroatoms. The van der Waals surface area contributed by atoms with Crippen molar-refractivity contribution >= 4 is 18.1 Å². The summed E-state index contributed by atoms with van der Waals surface area (Å²) >= 11 is 0. The lowest BCUT2D eigenvalue weighted by molar-refractivity contribution is -0.139. The molecule has 0 amide bonds. The van der Waals surface area contributed by atoms with Crippen LogP contribution >= 0.6 is 0 Å². The van der Waals surface area contributed by atoms with Crippen LogP contribution in [-0.2, 0) is 9.53 Å². The van der Waals surface area contributed by atoms with Crippen molar-refractivity contribution in [1.29, 1.82) is 0 Å². The standard InChI is InChI=1S/C34H33NO3/c1-26(2)34(36)38-24-8-4-7-23-37-32-19-15-28(16-20-32)12-11-27-13-17-29(18-14-27)31-21-22-35-33(25-31)30-9-5-3-6-10-30/h3,5-6,9-22,25H,1,4,7-8,23-24H2,2H3/b12-11+. The Morgan fingerprint density at radius 2 is 1.42 bits per heavy atom. The Morgan fingerprint density at radius 1 is 0.763 bits per heavy atom. The third-order valence-electron chi connectivity index (χ3n) is 6.06. The minimum absolute atomic E-state index is 0.324. The van der Waals surface area contributed by atoms with Crippen molar-refractivity contribution in [2.75, 3.05) is 13.2 Å². The van der Waals surface area contributed by atoms with Crippen LogP contribution in [0.2, 0.25) is 0 Å². The normalized spacial score (nSPS) is 10.9. The first-order valence-corrected chi connectivity index (χ1v) is 12.9. The van der Waals surface area contributed by atoms with Gasteiger partial charge in [0.15, 0.2) is 0 Å². The van der Waals surface area contributed by atoms with Crippen molar-refractivity contribution in [2.45, 2.75) is 26.2 Å². The highest BCUT2D eigenvalue weighted by atomic mass is 16.5. The molecule has 0 radical (unpaired) electrons. The Morgan fingerprint density at radius 3 is 2.11 bits per heavy atom. The average Bonchev–Trinajstić information content (AvgIpc) is 2.97. The molecule has 0 saturated heterocycles. The van der Waals surface area contributed by atoms with E-state index in [0.29, 0.717) is 18.8 Å². The lowest BCUT2D eigenvalue weighted by Crippen LogP contribution is -2.06. The number of rotatable bonds is 12. The van der Waals surface area contributed by atoms with Crippen LogP contribution in [-0.4, -0.2) is 24.2 Å². The minimum Gasteiger partial charge on any atom is -0.494 e. The molecule has 0 bridgehead atoms. The smallest absolute Gasteiger partial charge is 0.333 e. The van der Waals surface area contributed by atoms with E-state index in [1.165, 1.54) is 0 Å². The number of carbonyl (C=O) groups is 1. The first-order valence-electron chi connectivity index (χ1n) is 12.9. The Hall–Kier alpha value is -4.44. The summed E-state index contributed by atoms with van der Waals surface area (Å²) in [5.41, 5.74) is 7.09. The summed E-state index contributed by atoms with van der Waals surface area (Å²) in [6.07, 6.45) is 8.76. The molecule has 0 spiro atoms. The largest absolute Gasteiger partial charge is 0.494 e. The maximum Gasteiger partial charge on any atom is 0.333 e. The predicted octanol–water partition coefficient (Wildman–Crippen LogP) is 8.25. The number of hydrogen-bond acceptors (Lipinski definition) is 4. The fourth-order valence-corrected chi connectivity index (χ4v) is 3.89. The SMILES string of the molecule is C=C(C)C(=O)OCCCCCOc1ccc(/C=C/c2ccc(-c3ccnc(-c4ccccc4)c3)cc2)cc1. The topological polar surface area (TPSA) is 48.4 Å². The van der Waals surface area contributed by atoms with Crippen molar-refractivity contribution in [3.8, 4) is 28.1 Å². The number of unbranched alkanes of at least 4 members (excludes halogenated alkanes) is 2. The van der Waals surface area contributed by atoms with Crippen molar-refractivity contribution in [1.82, 2.24) is 4.98 Å². The molecule has 1 aromatic heterocycles. The van der Waals surface area contributed by atoms with Crippen LogP contribution in [0.5, 0.6) is 5.75 Å². The van der Waals surface area contributed by atoms with Crippen LogP contribution in [0.15, 0.2) is 109 Å². The van der Waals surface area contributed by atoms with Gasteiger partial charge in [0, 0.05) is 17.3 Å². The molecule has 0 atom stereocenters. The van der Waals surface area contributed by atoms with E-state index in [1.54, 1.807) is 6.92 Å². The van der Waals surface area contributed by atoms with Gasteiger partial charge >= 0.3 is 5.97 Å². The molecule has 4 aromatic rings. The van der Waals surface area contributed by atoms with Crippen LogP contribution in [0.3, 0.4) is 0 Å². The highest BCUT2D eigenvalue weighted by Crippen LogP contribution is 2.25. The van der Waals surface area contributed by atoms with E-state index in [2.05, 4.69) is 78.3 Å². The summed E-state index contributed by atoms with van der Waals surface area (Å²) in [7, 11) is 0. The third-order valence-corrected chi connectivity index (χ3v) is 6.06. The second kappa shape index (κ2) is 13.8. The summed E-state index contributed by atoms with van der Waals surface area (Å²) < 4.78 is 10.9. The van der Waals surface area contributed by atoms with Crippen LogP contribution in [0.25, 0.3) is 34.5 Å². The molecule has 3 aromatic carbocycles. The van der Waals surface area contributed by atoms with Gasteiger partial charge in [-0.25, -0.2) is 4.79 Å². The summed E-state index contributed by atoms with van der Waals surface area (Å²) in [4.78, 5) is 15.9. The number of aromatic nitrogens is 1.